The van der Waals surface area contributed by atoms with E-state index in [4.69, 9.17) is 11.6 Å². The van der Waals surface area contributed by atoms with Gasteiger partial charge >= 0.3 is 5.97 Å². The van der Waals surface area contributed by atoms with Gasteiger partial charge in [0.2, 0.25) is 5.91 Å². The van der Waals surface area contributed by atoms with Gasteiger partial charge in [0.1, 0.15) is 5.54 Å². The Morgan fingerprint density at radius 1 is 1.38 bits per heavy atom. The lowest BCUT2D eigenvalue weighted by molar-refractivity contribution is -0.149. The fraction of sp³-hybridized carbons (Fsp3) is 0.467. The van der Waals surface area contributed by atoms with Crippen LogP contribution < -0.4 is 5.32 Å². The normalized spacial score (nSPS) is 11.5. The number of carboxylic acids is 1. The molecule has 0 bridgehead atoms. The summed E-state index contributed by atoms with van der Waals surface area (Å²) < 4.78 is 0. The molecule has 0 spiro atoms. The van der Waals surface area contributed by atoms with Crippen LogP contribution in [-0.2, 0) is 9.59 Å². The molecule has 5 nitrogen and oxygen atoms in total. The number of anilines is 1. The van der Waals surface area contributed by atoms with E-state index < -0.39 is 11.5 Å². The Bertz CT molecular complexity index is 544. The lowest BCUT2D eigenvalue weighted by Gasteiger charge is -2.33. The van der Waals surface area contributed by atoms with Crippen LogP contribution in [-0.4, -0.2) is 40.5 Å². The van der Waals surface area contributed by atoms with E-state index in [0.29, 0.717) is 17.3 Å². The summed E-state index contributed by atoms with van der Waals surface area (Å²) in [6.07, 6.45) is 0. The number of nitrogens with zero attached hydrogens (tertiary/aromatic N) is 1. The van der Waals surface area contributed by atoms with Crippen molar-refractivity contribution in [1.29, 1.82) is 0 Å². The molecule has 1 amide bonds. The molecule has 1 rings (SSSR count). The van der Waals surface area contributed by atoms with Crippen molar-refractivity contribution in [3.63, 3.8) is 0 Å². The minimum atomic E-state index is -1.10. The lowest BCUT2D eigenvalue weighted by atomic mass is 10.0. The molecular weight excluding hydrogens is 292 g/mol. The van der Waals surface area contributed by atoms with Gasteiger partial charge in [-0.15, -0.1) is 0 Å². The molecule has 6 heteroatoms. The Hall–Kier alpha value is -1.59. The number of aryl methyl sites for hydroxylation is 1. The highest BCUT2D eigenvalue weighted by molar-refractivity contribution is 6.31. The van der Waals surface area contributed by atoms with Gasteiger partial charge in [0.15, 0.2) is 0 Å². The predicted octanol–water partition coefficient (Wildman–Crippen LogP) is 2.77. The second-order valence-electron chi connectivity index (χ2n) is 5.39. The number of carbonyl (C=O) groups is 2. The van der Waals surface area contributed by atoms with Gasteiger partial charge < -0.3 is 10.4 Å². The van der Waals surface area contributed by atoms with Gasteiger partial charge in [0, 0.05) is 10.7 Å². The number of nitrogens with one attached hydrogen (secondary N) is 1. The molecule has 0 saturated heterocycles. The third kappa shape index (κ3) is 4.44. The Kier molecular flexibility index (Phi) is 5.75. The molecule has 0 aromatic heterocycles. The summed E-state index contributed by atoms with van der Waals surface area (Å²) in [7, 11) is 0. The highest BCUT2D eigenvalue weighted by Gasteiger charge is 2.34. The number of carbonyl (C=O) groups excluding carboxylic acids is 1. The molecule has 0 aliphatic carbocycles. The van der Waals surface area contributed by atoms with E-state index in [1.807, 2.05) is 19.9 Å². The van der Waals surface area contributed by atoms with Crippen molar-refractivity contribution in [2.45, 2.75) is 33.2 Å². The summed E-state index contributed by atoms with van der Waals surface area (Å²) in [6, 6.07) is 5.24. The third-order valence-corrected chi connectivity index (χ3v) is 3.74. The molecule has 1 aromatic carbocycles. The predicted molar refractivity (Wildman–Crippen MR) is 83.8 cm³/mol. The average Bonchev–Trinajstić information content (AvgIpc) is 2.39. The standard InChI is InChI=1S/C15H21ClN2O3/c1-5-18(15(3,4)14(20)21)9-13(19)17-12-8-11(16)7-6-10(12)2/h6-8H,5,9H2,1-4H3,(H,17,19)(H,20,21). The number of carboxylic acid groups (broad SMARTS) is 1. The van der Waals surface area contributed by atoms with E-state index in [1.165, 1.54) is 0 Å². The number of aliphatic carboxylic acids is 1. The monoisotopic (exact) mass is 312 g/mol. The maximum Gasteiger partial charge on any atom is 0.323 e. The maximum absolute atomic E-state index is 12.1. The van der Waals surface area contributed by atoms with Gasteiger partial charge in [-0.25, -0.2) is 0 Å². The molecule has 116 valence electrons. The van der Waals surface area contributed by atoms with Gasteiger partial charge in [-0.3, -0.25) is 14.5 Å². The van der Waals surface area contributed by atoms with E-state index in [-0.39, 0.29) is 12.5 Å². The molecule has 1 aromatic rings. The van der Waals surface area contributed by atoms with Crippen LogP contribution in [0.15, 0.2) is 18.2 Å². The minimum Gasteiger partial charge on any atom is -0.480 e. The third-order valence-electron chi connectivity index (χ3n) is 3.50. The van der Waals surface area contributed by atoms with Crippen LogP contribution in [0.3, 0.4) is 0 Å². The Morgan fingerprint density at radius 2 is 2.00 bits per heavy atom. The van der Waals surface area contributed by atoms with E-state index in [2.05, 4.69) is 5.32 Å². The first-order valence-corrected chi connectivity index (χ1v) is 7.10. The van der Waals surface area contributed by atoms with Gasteiger partial charge in [-0.1, -0.05) is 24.6 Å². The van der Waals surface area contributed by atoms with E-state index >= 15 is 0 Å². The van der Waals surface area contributed by atoms with E-state index in [0.717, 1.165) is 5.56 Å². The molecule has 0 aliphatic rings. The fourth-order valence-corrected chi connectivity index (χ4v) is 2.10. The Balaban J connectivity index is 2.80. The Labute approximate surface area is 129 Å². The molecule has 2 N–H and O–H groups in total. The maximum atomic E-state index is 12.1. The van der Waals surface area contributed by atoms with Gasteiger partial charge in [-0.05, 0) is 45.0 Å². The summed E-state index contributed by atoms with van der Waals surface area (Å²) in [5, 5.41) is 12.5. The zero-order valence-corrected chi connectivity index (χ0v) is 13.5. The van der Waals surface area contributed by atoms with Crippen LogP contribution in [0.25, 0.3) is 0 Å². The van der Waals surface area contributed by atoms with Crippen molar-refractivity contribution in [1.82, 2.24) is 4.90 Å². The minimum absolute atomic E-state index is 0.00174. The van der Waals surface area contributed by atoms with Crippen LogP contribution in [0.5, 0.6) is 0 Å². The van der Waals surface area contributed by atoms with Crippen molar-refractivity contribution < 1.29 is 14.7 Å². The summed E-state index contributed by atoms with van der Waals surface area (Å²) in [5.74, 6) is -1.23. The van der Waals surface area contributed by atoms with Crippen LogP contribution in [0.1, 0.15) is 26.3 Å². The van der Waals surface area contributed by atoms with Gasteiger partial charge in [-0.2, -0.15) is 0 Å². The fourth-order valence-electron chi connectivity index (χ4n) is 1.93. The first-order valence-electron chi connectivity index (χ1n) is 6.73. The molecule has 0 saturated carbocycles. The number of hydrogen-bond acceptors (Lipinski definition) is 3. The van der Waals surface area contributed by atoms with Crippen LogP contribution in [0.4, 0.5) is 5.69 Å². The summed E-state index contributed by atoms with van der Waals surface area (Å²) >= 11 is 5.91. The smallest absolute Gasteiger partial charge is 0.323 e. The molecule has 0 aliphatic heterocycles. The number of benzene rings is 1. The van der Waals surface area contributed by atoms with Crippen molar-refractivity contribution in [2.24, 2.45) is 0 Å². The zero-order chi connectivity index (χ0) is 16.2. The molecule has 21 heavy (non-hydrogen) atoms. The quantitative estimate of drug-likeness (QED) is 0.847. The Morgan fingerprint density at radius 3 is 2.52 bits per heavy atom. The first-order chi connectivity index (χ1) is 9.68. The second kappa shape index (κ2) is 6.91. The van der Waals surface area contributed by atoms with Crippen LogP contribution >= 0.6 is 11.6 Å². The van der Waals surface area contributed by atoms with Gasteiger partial charge in [0.25, 0.3) is 0 Å². The SMILES string of the molecule is CCN(CC(=O)Nc1cc(Cl)ccc1C)C(C)(C)C(=O)O. The largest absolute Gasteiger partial charge is 0.480 e. The molecule has 0 heterocycles. The second-order valence-corrected chi connectivity index (χ2v) is 5.82. The van der Waals surface area contributed by atoms with Crippen molar-refractivity contribution in [3.05, 3.63) is 28.8 Å². The lowest BCUT2D eigenvalue weighted by Crippen LogP contribution is -2.52. The summed E-state index contributed by atoms with van der Waals surface area (Å²) in [4.78, 5) is 25.0. The molecule has 0 unspecified atom stereocenters. The first kappa shape index (κ1) is 17.5. The van der Waals surface area contributed by atoms with E-state index in [9.17, 15) is 14.7 Å². The molecule has 0 atom stereocenters. The average molecular weight is 313 g/mol. The summed E-state index contributed by atoms with van der Waals surface area (Å²) in [6.45, 7) is 7.31. The van der Waals surface area contributed by atoms with Crippen molar-refractivity contribution in [3.8, 4) is 0 Å². The van der Waals surface area contributed by atoms with E-state index in [1.54, 1.807) is 30.9 Å². The zero-order valence-electron chi connectivity index (χ0n) is 12.7. The van der Waals surface area contributed by atoms with Crippen LogP contribution in [0.2, 0.25) is 5.02 Å². The number of amides is 1. The van der Waals surface area contributed by atoms with Crippen molar-refractivity contribution in [2.75, 3.05) is 18.4 Å². The molecular formula is C15H21ClN2O3. The van der Waals surface area contributed by atoms with Crippen molar-refractivity contribution >= 4 is 29.2 Å². The number of halogens is 1. The highest BCUT2D eigenvalue weighted by Crippen LogP contribution is 2.20. The molecule has 0 radical (unpaired) electrons. The molecule has 0 fully saturated rings. The van der Waals surface area contributed by atoms with Gasteiger partial charge in [0.05, 0.1) is 6.54 Å². The number of likely N-dealkylation sites (N-methyl/N-ethyl adjacent to an activating group) is 1. The topological polar surface area (TPSA) is 69.6 Å². The highest BCUT2D eigenvalue weighted by atomic mass is 35.5. The van der Waals surface area contributed by atoms with Crippen LogP contribution in [0, 0.1) is 6.92 Å². The number of hydrogen-bond donors (Lipinski definition) is 2. The number of rotatable bonds is 6. The summed E-state index contributed by atoms with van der Waals surface area (Å²) in [5.41, 5.74) is 0.431.